The molecule has 2 heterocycles. The summed E-state index contributed by atoms with van der Waals surface area (Å²) >= 11 is 3.72. The summed E-state index contributed by atoms with van der Waals surface area (Å²) in [7, 11) is 0. The average Bonchev–Trinajstić information content (AvgIpc) is 2.64. The highest BCUT2D eigenvalue weighted by molar-refractivity contribution is 9.10. The van der Waals surface area contributed by atoms with Crippen molar-refractivity contribution in [3.05, 3.63) is 21.4 Å². The Kier molecular flexibility index (Phi) is 7.43. The Balaban J connectivity index is 2.65. The molecule has 0 saturated carbocycles. The molecule has 1 fully saturated rings. The zero-order valence-corrected chi connectivity index (χ0v) is 20.8. The number of hydrogen-bond acceptors (Lipinski definition) is 5. The van der Waals surface area contributed by atoms with E-state index in [1.54, 1.807) is 13.8 Å². The molecule has 164 valence electrons. The summed E-state index contributed by atoms with van der Waals surface area (Å²) in [6.45, 7) is 17.5. The molecule has 0 aliphatic carbocycles. The van der Waals surface area contributed by atoms with Crippen LogP contribution in [0.1, 0.15) is 77.8 Å². The van der Waals surface area contributed by atoms with Gasteiger partial charge in [-0.3, -0.25) is 4.98 Å². The predicted molar refractivity (Wildman–Crippen MR) is 121 cm³/mol. The number of halogens is 1. The number of carbonyl (C=O) groups excluding carboxylic acids is 1. The van der Waals surface area contributed by atoms with E-state index in [9.17, 15) is 9.90 Å². The fraction of sp³-hybridized carbons (Fsp3) is 0.739. The second-order valence-corrected chi connectivity index (χ2v) is 10.1. The van der Waals surface area contributed by atoms with Crippen molar-refractivity contribution in [1.82, 2.24) is 4.98 Å². The van der Waals surface area contributed by atoms with Crippen molar-refractivity contribution in [2.75, 3.05) is 18.0 Å². The lowest BCUT2D eigenvalue weighted by Crippen LogP contribution is -2.46. The third-order valence-electron chi connectivity index (χ3n) is 6.47. The maximum atomic E-state index is 13.1. The number of aliphatic hydroxyl groups is 1. The first-order valence-corrected chi connectivity index (χ1v) is 11.5. The van der Waals surface area contributed by atoms with Gasteiger partial charge in [0.1, 0.15) is 0 Å². The largest absolute Gasteiger partial charge is 0.461 e. The highest BCUT2D eigenvalue weighted by Crippen LogP contribution is 2.46. The number of aryl methyl sites for hydroxylation is 2. The molecule has 0 bridgehead atoms. The summed E-state index contributed by atoms with van der Waals surface area (Å²) in [4.78, 5) is 20.1. The fourth-order valence-electron chi connectivity index (χ4n) is 4.12. The summed E-state index contributed by atoms with van der Waals surface area (Å²) in [5.41, 5.74) is 1.54. The molecule has 0 amide bonds. The summed E-state index contributed by atoms with van der Waals surface area (Å²) in [5, 5.41) is 11.8. The lowest BCUT2D eigenvalue weighted by molar-refractivity contribution is -0.176. The number of rotatable bonds is 6. The van der Waals surface area contributed by atoms with E-state index in [0.29, 0.717) is 16.7 Å². The van der Waals surface area contributed by atoms with Crippen LogP contribution >= 0.6 is 15.9 Å². The van der Waals surface area contributed by atoms with E-state index < -0.39 is 11.6 Å². The van der Waals surface area contributed by atoms with E-state index in [0.717, 1.165) is 48.2 Å². The van der Waals surface area contributed by atoms with Crippen molar-refractivity contribution in [2.24, 2.45) is 11.3 Å². The van der Waals surface area contributed by atoms with Gasteiger partial charge >= 0.3 is 5.97 Å². The standard InChI is InChI=1S/C23H37BrN2O3/c1-9-22(8)10-12-26(13-11-22)20-18(16(6)25-17(7)19(20)24)23(28,14(2)3)21(27)29-15(4)5/h14-15,28H,9-13H2,1-8H3/t23-/m0/s1. The monoisotopic (exact) mass is 468 g/mol. The lowest BCUT2D eigenvalue weighted by Gasteiger charge is -2.43. The SMILES string of the molecule is CCC1(C)CCN(c2c(Br)c(C)nc(C)c2[C@](O)(C(=O)OC(C)C)C(C)C)CC1. The molecular weight excluding hydrogens is 432 g/mol. The van der Waals surface area contributed by atoms with E-state index in [-0.39, 0.29) is 12.0 Å². The number of hydrogen-bond donors (Lipinski definition) is 1. The number of carbonyl (C=O) groups is 1. The normalized spacial score (nSPS) is 18.8. The maximum Gasteiger partial charge on any atom is 0.343 e. The molecule has 1 aromatic rings. The molecule has 1 atom stereocenters. The van der Waals surface area contributed by atoms with E-state index in [2.05, 4.69) is 39.7 Å². The summed E-state index contributed by atoms with van der Waals surface area (Å²) in [5.74, 6) is -0.979. The van der Waals surface area contributed by atoms with Gasteiger partial charge in [0.25, 0.3) is 0 Å². The van der Waals surface area contributed by atoms with Crippen LogP contribution < -0.4 is 4.90 Å². The first-order chi connectivity index (χ1) is 13.4. The molecule has 1 aliphatic rings. The smallest absolute Gasteiger partial charge is 0.343 e. The predicted octanol–water partition coefficient (Wildman–Crippen LogP) is 5.27. The van der Waals surface area contributed by atoms with E-state index in [1.807, 2.05) is 27.7 Å². The molecular formula is C23H37BrN2O3. The Morgan fingerprint density at radius 2 is 1.79 bits per heavy atom. The Hall–Kier alpha value is -1.14. The van der Waals surface area contributed by atoms with Gasteiger partial charge in [-0.2, -0.15) is 0 Å². The Morgan fingerprint density at radius 1 is 1.24 bits per heavy atom. The topological polar surface area (TPSA) is 62.7 Å². The summed E-state index contributed by atoms with van der Waals surface area (Å²) < 4.78 is 6.34. The van der Waals surface area contributed by atoms with Gasteiger partial charge < -0.3 is 14.7 Å². The molecule has 0 spiro atoms. The van der Waals surface area contributed by atoms with Crippen LogP contribution in [0, 0.1) is 25.2 Å². The Labute approximate surface area is 184 Å². The van der Waals surface area contributed by atoms with Crippen LogP contribution in [0.15, 0.2) is 4.47 Å². The molecule has 0 aromatic carbocycles. The third kappa shape index (κ3) is 4.63. The number of piperidine rings is 1. The number of nitrogens with zero attached hydrogens (tertiary/aromatic N) is 2. The van der Waals surface area contributed by atoms with Gasteiger partial charge in [-0.05, 0) is 67.8 Å². The molecule has 1 saturated heterocycles. The minimum atomic E-state index is -1.77. The minimum absolute atomic E-state index is 0.307. The number of pyridine rings is 1. The Morgan fingerprint density at radius 3 is 2.24 bits per heavy atom. The molecule has 29 heavy (non-hydrogen) atoms. The summed E-state index contributed by atoms with van der Waals surface area (Å²) in [6.07, 6.45) is 3.00. The lowest BCUT2D eigenvalue weighted by atomic mass is 9.77. The van der Waals surface area contributed by atoms with Crippen molar-refractivity contribution in [2.45, 2.75) is 86.4 Å². The minimum Gasteiger partial charge on any atom is -0.461 e. The van der Waals surface area contributed by atoms with Gasteiger partial charge in [0, 0.05) is 24.3 Å². The molecule has 2 rings (SSSR count). The molecule has 1 aliphatic heterocycles. The van der Waals surface area contributed by atoms with Gasteiger partial charge in [0.05, 0.1) is 22.0 Å². The number of anilines is 1. The van der Waals surface area contributed by atoms with Crippen molar-refractivity contribution in [1.29, 1.82) is 0 Å². The molecule has 1 N–H and O–H groups in total. The molecule has 5 nitrogen and oxygen atoms in total. The quantitative estimate of drug-likeness (QED) is 0.575. The van der Waals surface area contributed by atoms with E-state index in [4.69, 9.17) is 4.74 Å². The Bertz CT molecular complexity index is 755. The number of aromatic nitrogens is 1. The second kappa shape index (κ2) is 8.93. The van der Waals surface area contributed by atoms with Crippen LogP contribution in [0.4, 0.5) is 5.69 Å². The maximum absolute atomic E-state index is 13.1. The van der Waals surface area contributed by atoms with Crippen molar-refractivity contribution >= 4 is 27.6 Å². The second-order valence-electron chi connectivity index (χ2n) is 9.35. The highest BCUT2D eigenvalue weighted by Gasteiger charge is 2.48. The molecule has 0 unspecified atom stereocenters. The number of esters is 1. The third-order valence-corrected chi connectivity index (χ3v) is 7.42. The van der Waals surface area contributed by atoms with E-state index >= 15 is 0 Å². The van der Waals surface area contributed by atoms with Gasteiger partial charge in [-0.15, -0.1) is 0 Å². The van der Waals surface area contributed by atoms with Crippen molar-refractivity contribution in [3.8, 4) is 0 Å². The highest BCUT2D eigenvalue weighted by atomic mass is 79.9. The van der Waals surface area contributed by atoms with Gasteiger partial charge in [-0.1, -0.05) is 34.1 Å². The van der Waals surface area contributed by atoms with Crippen LogP contribution in [0.2, 0.25) is 0 Å². The summed E-state index contributed by atoms with van der Waals surface area (Å²) in [6, 6.07) is 0. The first-order valence-electron chi connectivity index (χ1n) is 10.7. The van der Waals surface area contributed by atoms with Crippen LogP contribution in [-0.2, 0) is 15.1 Å². The zero-order chi connectivity index (χ0) is 22.1. The van der Waals surface area contributed by atoms with E-state index in [1.165, 1.54) is 0 Å². The van der Waals surface area contributed by atoms with Crippen molar-refractivity contribution < 1.29 is 14.6 Å². The van der Waals surface area contributed by atoms with Crippen LogP contribution in [-0.4, -0.2) is 35.3 Å². The van der Waals surface area contributed by atoms with Gasteiger partial charge in [0.2, 0.25) is 0 Å². The first kappa shape index (κ1) is 24.1. The van der Waals surface area contributed by atoms with Crippen LogP contribution in [0.5, 0.6) is 0 Å². The number of ether oxygens (including phenoxy) is 1. The molecule has 0 radical (unpaired) electrons. The molecule has 1 aromatic heterocycles. The van der Waals surface area contributed by atoms with Gasteiger partial charge in [0.15, 0.2) is 5.60 Å². The fourth-order valence-corrected chi connectivity index (χ4v) is 4.65. The average molecular weight is 469 g/mol. The van der Waals surface area contributed by atoms with Crippen LogP contribution in [0.25, 0.3) is 0 Å². The van der Waals surface area contributed by atoms with Crippen molar-refractivity contribution in [3.63, 3.8) is 0 Å². The zero-order valence-electron chi connectivity index (χ0n) is 19.2. The van der Waals surface area contributed by atoms with Crippen LogP contribution in [0.3, 0.4) is 0 Å². The van der Waals surface area contributed by atoms with Gasteiger partial charge in [-0.25, -0.2) is 4.79 Å². The molecule has 6 heteroatoms.